The Hall–Kier alpha value is -0.440. The Balaban J connectivity index is 3.72. The highest BCUT2D eigenvalue weighted by Gasteiger charge is 2.21. The number of rotatable bonds is 26. The molecule has 0 saturated carbocycles. The standard InChI is InChI=1S/C24H51NO10/c1-23(2,34-14-6-12-31-18-22(29)20-33-16-10-27)7-4-13-35-24(3,25)8-5-11-30-17-21(28)19-32-15-9-26/h21-22,26-29H,4-20,25H2,1-3H3. The monoisotopic (exact) mass is 513 g/mol. The van der Waals surface area contributed by atoms with Crippen molar-refractivity contribution < 1.29 is 48.8 Å². The first-order valence-electron chi connectivity index (χ1n) is 12.6. The van der Waals surface area contributed by atoms with Gasteiger partial charge in [0.25, 0.3) is 0 Å². The van der Waals surface area contributed by atoms with Gasteiger partial charge in [-0.1, -0.05) is 0 Å². The Bertz CT molecular complexity index is 468. The maximum absolute atomic E-state index is 9.67. The molecule has 0 fully saturated rings. The number of hydrogen-bond acceptors (Lipinski definition) is 11. The van der Waals surface area contributed by atoms with Crippen molar-refractivity contribution in [2.75, 3.05) is 79.3 Å². The lowest BCUT2D eigenvalue weighted by atomic mass is 10.0. The van der Waals surface area contributed by atoms with Crippen LogP contribution in [0.15, 0.2) is 0 Å². The number of ether oxygens (including phenoxy) is 6. The van der Waals surface area contributed by atoms with E-state index in [-0.39, 0.29) is 58.5 Å². The fraction of sp³-hybridized carbons (Fsp3) is 1.00. The molecule has 0 aliphatic carbocycles. The molecule has 0 spiro atoms. The van der Waals surface area contributed by atoms with Crippen LogP contribution in [-0.2, 0) is 28.4 Å². The van der Waals surface area contributed by atoms with E-state index >= 15 is 0 Å². The summed E-state index contributed by atoms with van der Waals surface area (Å²) in [6.07, 6.45) is 2.29. The summed E-state index contributed by atoms with van der Waals surface area (Å²) in [5.41, 5.74) is 5.18. The van der Waals surface area contributed by atoms with Crippen LogP contribution in [0.4, 0.5) is 0 Å². The summed E-state index contributed by atoms with van der Waals surface area (Å²) in [6.45, 7) is 8.90. The van der Waals surface area contributed by atoms with Gasteiger partial charge in [0, 0.05) is 26.4 Å². The number of aliphatic hydroxyl groups excluding tert-OH is 4. The summed E-state index contributed by atoms with van der Waals surface area (Å²) < 4.78 is 32.7. The van der Waals surface area contributed by atoms with Gasteiger partial charge >= 0.3 is 0 Å². The van der Waals surface area contributed by atoms with Gasteiger partial charge in [-0.05, 0) is 52.9 Å². The molecule has 11 nitrogen and oxygen atoms in total. The quantitative estimate of drug-likeness (QED) is 0.0793. The van der Waals surface area contributed by atoms with E-state index in [0.29, 0.717) is 39.3 Å². The molecule has 0 saturated heterocycles. The molecule has 212 valence electrons. The summed E-state index contributed by atoms with van der Waals surface area (Å²) in [7, 11) is 0. The molecule has 0 heterocycles. The lowest BCUT2D eigenvalue weighted by Gasteiger charge is -2.28. The van der Waals surface area contributed by atoms with E-state index in [1.165, 1.54) is 0 Å². The van der Waals surface area contributed by atoms with E-state index in [2.05, 4.69) is 0 Å². The van der Waals surface area contributed by atoms with Crippen molar-refractivity contribution in [3.05, 3.63) is 0 Å². The van der Waals surface area contributed by atoms with Gasteiger partial charge in [0.15, 0.2) is 0 Å². The second-order valence-electron chi connectivity index (χ2n) is 9.38. The molecule has 0 bridgehead atoms. The van der Waals surface area contributed by atoms with Crippen LogP contribution in [0.1, 0.15) is 52.9 Å². The molecule has 6 N–H and O–H groups in total. The Kier molecular flexibility index (Phi) is 21.4. The molecule has 3 atom stereocenters. The van der Waals surface area contributed by atoms with Gasteiger partial charge in [-0.15, -0.1) is 0 Å². The zero-order valence-corrected chi connectivity index (χ0v) is 22.0. The van der Waals surface area contributed by atoms with Crippen LogP contribution in [0.5, 0.6) is 0 Å². The fourth-order valence-corrected chi connectivity index (χ4v) is 3.09. The van der Waals surface area contributed by atoms with Gasteiger partial charge in [0.1, 0.15) is 17.9 Å². The van der Waals surface area contributed by atoms with Gasteiger partial charge in [-0.25, -0.2) is 0 Å². The first-order valence-corrected chi connectivity index (χ1v) is 12.6. The number of nitrogens with two attached hydrogens (primary N) is 1. The minimum atomic E-state index is -0.748. The van der Waals surface area contributed by atoms with Crippen molar-refractivity contribution >= 4 is 0 Å². The highest BCUT2D eigenvalue weighted by molar-refractivity contribution is 4.70. The van der Waals surface area contributed by atoms with Crippen molar-refractivity contribution in [2.45, 2.75) is 76.4 Å². The predicted molar refractivity (Wildman–Crippen MR) is 131 cm³/mol. The van der Waals surface area contributed by atoms with Crippen LogP contribution in [0.3, 0.4) is 0 Å². The second kappa shape index (κ2) is 21.6. The van der Waals surface area contributed by atoms with Crippen LogP contribution in [0.25, 0.3) is 0 Å². The van der Waals surface area contributed by atoms with E-state index in [1.807, 2.05) is 20.8 Å². The number of hydrogen-bond donors (Lipinski definition) is 5. The summed E-state index contributed by atoms with van der Waals surface area (Å²) in [5.74, 6) is 0. The molecule has 0 aromatic heterocycles. The van der Waals surface area contributed by atoms with Crippen molar-refractivity contribution in [1.82, 2.24) is 0 Å². The second-order valence-corrected chi connectivity index (χ2v) is 9.38. The van der Waals surface area contributed by atoms with E-state index in [0.717, 1.165) is 19.3 Å². The Morgan fingerprint density at radius 1 is 0.600 bits per heavy atom. The Labute approximate surface area is 210 Å². The zero-order valence-electron chi connectivity index (χ0n) is 22.0. The summed E-state index contributed by atoms with van der Waals surface area (Å²) in [4.78, 5) is 0. The molecular weight excluding hydrogens is 462 g/mol. The van der Waals surface area contributed by atoms with Crippen LogP contribution in [0, 0.1) is 0 Å². The molecule has 0 aliphatic heterocycles. The third-order valence-electron chi connectivity index (χ3n) is 4.95. The van der Waals surface area contributed by atoms with E-state index in [4.69, 9.17) is 44.4 Å². The van der Waals surface area contributed by atoms with Gasteiger partial charge in [0.05, 0.1) is 58.5 Å². The first kappa shape index (κ1) is 34.6. The Morgan fingerprint density at radius 2 is 1.03 bits per heavy atom. The highest BCUT2D eigenvalue weighted by Crippen LogP contribution is 2.19. The average molecular weight is 514 g/mol. The minimum Gasteiger partial charge on any atom is -0.394 e. The molecule has 11 heteroatoms. The highest BCUT2D eigenvalue weighted by atomic mass is 16.5. The smallest absolute Gasteiger partial charge is 0.114 e. The lowest BCUT2D eigenvalue weighted by Crippen LogP contribution is -2.40. The molecule has 0 aromatic rings. The van der Waals surface area contributed by atoms with Gasteiger partial charge in [0.2, 0.25) is 0 Å². The fourth-order valence-electron chi connectivity index (χ4n) is 3.09. The topological polar surface area (TPSA) is 162 Å². The third-order valence-corrected chi connectivity index (χ3v) is 4.95. The van der Waals surface area contributed by atoms with Gasteiger partial charge in [-0.3, -0.25) is 0 Å². The van der Waals surface area contributed by atoms with E-state index in [1.54, 1.807) is 0 Å². The van der Waals surface area contributed by atoms with Crippen molar-refractivity contribution in [2.24, 2.45) is 5.73 Å². The summed E-state index contributed by atoms with van der Waals surface area (Å²) in [5, 5.41) is 36.6. The Morgan fingerprint density at radius 3 is 1.54 bits per heavy atom. The predicted octanol–water partition coefficient (Wildman–Crippen LogP) is 0.196. The molecule has 0 amide bonds. The van der Waals surface area contributed by atoms with E-state index < -0.39 is 17.9 Å². The summed E-state index contributed by atoms with van der Waals surface area (Å²) >= 11 is 0. The van der Waals surface area contributed by atoms with Crippen molar-refractivity contribution in [1.29, 1.82) is 0 Å². The molecule has 0 aromatic carbocycles. The van der Waals surface area contributed by atoms with Crippen LogP contribution >= 0.6 is 0 Å². The molecule has 35 heavy (non-hydrogen) atoms. The van der Waals surface area contributed by atoms with E-state index in [9.17, 15) is 10.2 Å². The molecular formula is C24H51NO10. The maximum Gasteiger partial charge on any atom is 0.114 e. The molecule has 0 radical (unpaired) electrons. The van der Waals surface area contributed by atoms with Gasteiger partial charge in [-0.2, -0.15) is 0 Å². The van der Waals surface area contributed by atoms with Crippen LogP contribution in [0.2, 0.25) is 0 Å². The molecule has 0 aliphatic rings. The van der Waals surface area contributed by atoms with Crippen LogP contribution in [-0.4, -0.2) is 123 Å². The summed E-state index contributed by atoms with van der Waals surface area (Å²) in [6, 6.07) is 0. The van der Waals surface area contributed by atoms with Gasteiger partial charge < -0.3 is 54.6 Å². The van der Waals surface area contributed by atoms with Crippen LogP contribution < -0.4 is 5.73 Å². The lowest BCUT2D eigenvalue weighted by molar-refractivity contribution is -0.0652. The molecule has 0 rings (SSSR count). The largest absolute Gasteiger partial charge is 0.394 e. The first-order chi connectivity index (χ1) is 16.6. The normalized spacial score (nSPS) is 15.8. The number of aliphatic hydroxyl groups is 4. The third kappa shape index (κ3) is 23.7. The van der Waals surface area contributed by atoms with Crippen molar-refractivity contribution in [3.63, 3.8) is 0 Å². The van der Waals surface area contributed by atoms with Crippen molar-refractivity contribution in [3.8, 4) is 0 Å². The zero-order chi connectivity index (χ0) is 26.4. The maximum atomic E-state index is 9.67. The average Bonchev–Trinajstić information content (AvgIpc) is 2.79. The minimum absolute atomic E-state index is 0.0643. The SMILES string of the molecule is CC(C)(CCCOC(C)(N)CCCOCC(O)COCCO)OCCCOCC(O)COCCO. The molecule has 3 unspecified atom stereocenters.